The molecule has 3 aromatic carbocycles. The summed E-state index contributed by atoms with van der Waals surface area (Å²) in [5.74, 6) is 5.85. The summed E-state index contributed by atoms with van der Waals surface area (Å²) >= 11 is 6.18. The van der Waals surface area contributed by atoms with Crippen molar-refractivity contribution in [1.82, 2.24) is 14.8 Å². The number of carbonyl (C=O) groups is 1. The number of hydrogen-bond donors (Lipinski definition) is 2. The molecule has 0 aliphatic carbocycles. The van der Waals surface area contributed by atoms with E-state index in [1.807, 2.05) is 17.9 Å². The number of piperazine rings is 1. The second-order valence-corrected chi connectivity index (χ2v) is 11.0. The molecule has 1 amide bonds. The van der Waals surface area contributed by atoms with Crippen molar-refractivity contribution >= 4 is 39.8 Å². The Morgan fingerprint density at radius 2 is 1.77 bits per heavy atom. The molecule has 3 N–H and O–H groups in total. The minimum Gasteiger partial charge on any atom is -0.383 e. The molecule has 1 aliphatic rings. The minimum atomic E-state index is -4.56. The van der Waals surface area contributed by atoms with Gasteiger partial charge in [-0.2, -0.15) is 13.2 Å². The van der Waals surface area contributed by atoms with Crippen LogP contribution in [0.15, 0.2) is 60.8 Å². The molecule has 43 heavy (non-hydrogen) atoms. The zero-order valence-corrected chi connectivity index (χ0v) is 24.6. The van der Waals surface area contributed by atoms with Gasteiger partial charge in [-0.1, -0.05) is 48.6 Å². The predicted molar refractivity (Wildman–Crippen MR) is 165 cm³/mol. The molecular formula is C33H31ClF3N5O. The number of halogens is 4. The van der Waals surface area contributed by atoms with Crippen LogP contribution in [0.4, 0.5) is 24.7 Å². The van der Waals surface area contributed by atoms with Gasteiger partial charge in [0.1, 0.15) is 5.82 Å². The fraction of sp³-hybridized carbons (Fsp3) is 0.273. The SMILES string of the molecule is CCN1CCN(Cc2ccc(NC(=O)c3ccc(C)c(C#Cc4c(N)ncc5ccc(Cl)cc45)c3)cc2C(F)(F)F)CC1. The van der Waals surface area contributed by atoms with Gasteiger partial charge >= 0.3 is 6.18 Å². The maximum absolute atomic E-state index is 14.1. The first-order chi connectivity index (χ1) is 20.5. The van der Waals surface area contributed by atoms with E-state index in [0.717, 1.165) is 42.0 Å². The van der Waals surface area contributed by atoms with E-state index >= 15 is 0 Å². The summed E-state index contributed by atoms with van der Waals surface area (Å²) in [4.78, 5) is 21.7. The Hall–Kier alpha value is -4.10. The summed E-state index contributed by atoms with van der Waals surface area (Å²) in [5.41, 5.74) is 7.78. The molecule has 0 saturated carbocycles. The predicted octanol–water partition coefficient (Wildman–Crippen LogP) is 6.59. The number of benzene rings is 3. The summed E-state index contributed by atoms with van der Waals surface area (Å²) < 4.78 is 42.2. The Kier molecular flexibility index (Phi) is 8.92. The van der Waals surface area contributed by atoms with Crippen LogP contribution in [0.5, 0.6) is 0 Å². The number of aromatic nitrogens is 1. The molecule has 1 saturated heterocycles. The molecule has 1 fully saturated rings. The molecule has 10 heteroatoms. The first-order valence-corrected chi connectivity index (χ1v) is 14.3. The van der Waals surface area contributed by atoms with Crippen molar-refractivity contribution in [3.63, 3.8) is 0 Å². The molecule has 0 radical (unpaired) electrons. The zero-order chi connectivity index (χ0) is 30.7. The fourth-order valence-corrected chi connectivity index (χ4v) is 5.29. The number of alkyl halides is 3. The van der Waals surface area contributed by atoms with E-state index in [1.54, 1.807) is 36.5 Å². The quantitative estimate of drug-likeness (QED) is 0.251. The highest BCUT2D eigenvalue weighted by Gasteiger charge is 2.34. The molecule has 0 bridgehead atoms. The number of amides is 1. The minimum absolute atomic E-state index is 0.0663. The van der Waals surface area contributed by atoms with E-state index in [2.05, 4.69) is 34.0 Å². The number of nitrogens with zero attached hydrogens (tertiary/aromatic N) is 3. The van der Waals surface area contributed by atoms with Gasteiger partial charge in [-0.15, -0.1) is 0 Å². The Morgan fingerprint density at radius 3 is 2.49 bits per heavy atom. The van der Waals surface area contributed by atoms with E-state index in [-0.39, 0.29) is 29.2 Å². The third-order valence-electron chi connectivity index (χ3n) is 7.68. The maximum Gasteiger partial charge on any atom is 0.416 e. The summed E-state index contributed by atoms with van der Waals surface area (Å²) in [6, 6.07) is 14.3. The third kappa shape index (κ3) is 7.11. The Bertz CT molecular complexity index is 1730. The maximum atomic E-state index is 14.1. The van der Waals surface area contributed by atoms with E-state index in [9.17, 15) is 18.0 Å². The molecule has 6 nitrogen and oxygen atoms in total. The van der Waals surface area contributed by atoms with Gasteiger partial charge < -0.3 is 16.0 Å². The van der Waals surface area contributed by atoms with Crippen molar-refractivity contribution < 1.29 is 18.0 Å². The van der Waals surface area contributed by atoms with Crippen LogP contribution >= 0.6 is 11.6 Å². The van der Waals surface area contributed by atoms with Gasteiger partial charge in [0.05, 0.1) is 11.1 Å². The van der Waals surface area contributed by atoms with Crippen LogP contribution in [0.1, 0.15) is 45.1 Å². The highest BCUT2D eigenvalue weighted by atomic mass is 35.5. The van der Waals surface area contributed by atoms with Crippen molar-refractivity contribution in [1.29, 1.82) is 0 Å². The van der Waals surface area contributed by atoms with Crippen molar-refractivity contribution in [3.05, 3.63) is 99.2 Å². The van der Waals surface area contributed by atoms with E-state index in [0.29, 0.717) is 29.2 Å². The Balaban J connectivity index is 1.37. The van der Waals surface area contributed by atoms with Crippen LogP contribution in [-0.4, -0.2) is 53.4 Å². The van der Waals surface area contributed by atoms with Crippen LogP contribution in [0, 0.1) is 18.8 Å². The topological polar surface area (TPSA) is 74.5 Å². The number of rotatable bonds is 5. The van der Waals surface area contributed by atoms with Crippen molar-refractivity contribution in [3.8, 4) is 11.8 Å². The monoisotopic (exact) mass is 605 g/mol. The smallest absolute Gasteiger partial charge is 0.383 e. The van der Waals surface area contributed by atoms with Gasteiger partial charge in [-0.05, 0) is 61.0 Å². The first kappa shape index (κ1) is 30.4. The molecule has 0 unspecified atom stereocenters. The number of anilines is 2. The van der Waals surface area contributed by atoms with Crippen LogP contribution in [0.2, 0.25) is 5.02 Å². The average molecular weight is 606 g/mol. The number of carbonyl (C=O) groups excluding carboxylic acids is 1. The third-order valence-corrected chi connectivity index (χ3v) is 7.92. The molecule has 5 rings (SSSR count). The van der Waals surface area contributed by atoms with Crippen LogP contribution in [0.3, 0.4) is 0 Å². The van der Waals surface area contributed by atoms with Gasteiger partial charge in [-0.3, -0.25) is 9.69 Å². The van der Waals surface area contributed by atoms with Crippen molar-refractivity contribution in [2.24, 2.45) is 0 Å². The van der Waals surface area contributed by atoms with Crippen LogP contribution < -0.4 is 11.1 Å². The van der Waals surface area contributed by atoms with Gasteiger partial charge in [-0.25, -0.2) is 4.98 Å². The number of hydrogen-bond acceptors (Lipinski definition) is 5. The number of nitrogen functional groups attached to an aromatic ring is 1. The Morgan fingerprint density at radius 1 is 1.02 bits per heavy atom. The molecule has 0 atom stereocenters. The Labute approximate surface area is 253 Å². The van der Waals surface area contributed by atoms with E-state index in [4.69, 9.17) is 17.3 Å². The molecule has 222 valence electrons. The second-order valence-electron chi connectivity index (χ2n) is 10.6. The first-order valence-electron chi connectivity index (χ1n) is 13.9. The van der Waals surface area contributed by atoms with Crippen LogP contribution in [-0.2, 0) is 12.7 Å². The number of nitrogens with one attached hydrogen (secondary N) is 1. The molecular weight excluding hydrogens is 575 g/mol. The summed E-state index contributed by atoms with van der Waals surface area (Å²) in [6.45, 7) is 8.13. The lowest BCUT2D eigenvalue weighted by atomic mass is 10.0. The summed E-state index contributed by atoms with van der Waals surface area (Å²) in [5, 5.41) is 4.74. The molecule has 4 aromatic rings. The van der Waals surface area contributed by atoms with Crippen molar-refractivity contribution in [2.75, 3.05) is 43.8 Å². The van der Waals surface area contributed by atoms with Gasteiger partial charge in [0.15, 0.2) is 0 Å². The zero-order valence-electron chi connectivity index (χ0n) is 23.9. The number of aryl methyl sites for hydroxylation is 1. The average Bonchev–Trinajstić information content (AvgIpc) is 2.98. The lowest BCUT2D eigenvalue weighted by Crippen LogP contribution is -2.45. The number of fused-ring (bicyclic) bond motifs is 1. The molecule has 0 spiro atoms. The van der Waals surface area contributed by atoms with Gasteiger partial charge in [0, 0.05) is 71.5 Å². The number of nitrogens with two attached hydrogens (primary N) is 1. The lowest BCUT2D eigenvalue weighted by Gasteiger charge is -2.34. The van der Waals surface area contributed by atoms with Crippen LogP contribution in [0.25, 0.3) is 10.8 Å². The summed E-state index contributed by atoms with van der Waals surface area (Å²) in [7, 11) is 0. The van der Waals surface area contributed by atoms with E-state index < -0.39 is 17.6 Å². The van der Waals surface area contributed by atoms with Gasteiger partial charge in [0.2, 0.25) is 0 Å². The normalized spacial score (nSPS) is 14.4. The molecule has 2 heterocycles. The lowest BCUT2D eigenvalue weighted by molar-refractivity contribution is -0.138. The standard InChI is InChI=1S/C33H31ClF3N5O/c1-3-41-12-14-42(15-13-41)20-25-7-10-27(18-30(25)33(35,36)37)40-32(43)23-5-4-21(2)22(16-23)8-11-28-29-17-26(34)9-6-24(29)19-39-31(28)38/h4-7,9-10,16-19H,3,12-15,20H2,1-2H3,(H2,38,39)(H,40,43). The van der Waals surface area contributed by atoms with Crippen molar-refractivity contribution in [2.45, 2.75) is 26.6 Å². The number of pyridine rings is 1. The highest BCUT2D eigenvalue weighted by molar-refractivity contribution is 6.31. The number of likely N-dealkylation sites (N-methyl/N-ethyl adjacent to an activating group) is 1. The van der Waals surface area contributed by atoms with E-state index in [1.165, 1.54) is 12.1 Å². The second kappa shape index (κ2) is 12.6. The summed E-state index contributed by atoms with van der Waals surface area (Å²) in [6.07, 6.45) is -2.91. The molecule has 1 aromatic heterocycles. The molecule has 1 aliphatic heterocycles. The largest absolute Gasteiger partial charge is 0.416 e. The fourth-order valence-electron chi connectivity index (χ4n) is 5.12. The van der Waals surface area contributed by atoms with Gasteiger partial charge in [0.25, 0.3) is 5.91 Å². The highest BCUT2D eigenvalue weighted by Crippen LogP contribution is 2.35.